The molecule has 0 atom stereocenters. The Bertz CT molecular complexity index is 2830. The van der Waals surface area contributed by atoms with Gasteiger partial charge in [0.2, 0.25) is 0 Å². The average molecular weight is 643 g/mol. The van der Waals surface area contributed by atoms with Crippen LogP contribution in [0.3, 0.4) is 0 Å². The largest absolute Gasteiger partial charge is 0.308 e. The van der Waals surface area contributed by atoms with Crippen molar-refractivity contribution in [2.75, 3.05) is 4.90 Å². The van der Waals surface area contributed by atoms with E-state index >= 15 is 0 Å². The van der Waals surface area contributed by atoms with Crippen molar-refractivity contribution < 1.29 is 0 Å². The van der Waals surface area contributed by atoms with Gasteiger partial charge in [-0.3, -0.25) is 0 Å². The Balaban J connectivity index is 1.27. The highest BCUT2D eigenvalue weighted by atomic mass is 32.1. The van der Waals surface area contributed by atoms with Gasteiger partial charge < -0.3 is 9.47 Å². The van der Waals surface area contributed by atoms with Crippen molar-refractivity contribution in [3.05, 3.63) is 182 Å². The number of hydrogen-bond acceptors (Lipinski definition) is 2. The second-order valence-corrected chi connectivity index (χ2v) is 13.7. The normalized spacial score (nSPS) is 11.7. The van der Waals surface area contributed by atoms with Crippen molar-refractivity contribution in [2.24, 2.45) is 0 Å². The summed E-state index contributed by atoms with van der Waals surface area (Å²) < 4.78 is 5.07. The van der Waals surface area contributed by atoms with Gasteiger partial charge >= 0.3 is 0 Å². The first-order valence-electron chi connectivity index (χ1n) is 16.7. The zero-order chi connectivity index (χ0) is 32.3. The van der Waals surface area contributed by atoms with Gasteiger partial charge in [-0.1, -0.05) is 115 Å². The highest BCUT2D eigenvalue weighted by Gasteiger charge is 2.22. The minimum absolute atomic E-state index is 1.11. The monoisotopic (exact) mass is 642 g/mol. The lowest BCUT2D eigenvalue weighted by molar-refractivity contribution is 1.17. The summed E-state index contributed by atoms with van der Waals surface area (Å²) in [5.41, 5.74) is 9.27. The second-order valence-electron chi connectivity index (χ2n) is 12.6. The molecule has 2 aromatic heterocycles. The van der Waals surface area contributed by atoms with Crippen LogP contribution >= 0.6 is 11.3 Å². The van der Waals surface area contributed by atoms with E-state index in [1.165, 1.54) is 63.9 Å². The summed E-state index contributed by atoms with van der Waals surface area (Å²) in [7, 11) is 0. The highest BCUT2D eigenvalue weighted by molar-refractivity contribution is 7.25. The van der Waals surface area contributed by atoms with Gasteiger partial charge in [0.05, 0.1) is 16.7 Å². The topological polar surface area (TPSA) is 8.17 Å². The summed E-state index contributed by atoms with van der Waals surface area (Å²) in [4.78, 5) is 2.45. The standard InChI is InChI=1S/C46H30N2S/c1-3-13-31(14-4-1)32-15-11-18-36(27-32)47(37-26-25-33-29-41-39-20-8-10-24-44(39)49-45(41)30-34(33)28-37)43-23-12-21-40-38-19-7-9-22-42(38)48(46(40)43)35-16-5-2-6-17-35/h1-30H. The summed E-state index contributed by atoms with van der Waals surface area (Å²) in [6.07, 6.45) is 0. The van der Waals surface area contributed by atoms with E-state index in [0.717, 1.165) is 22.7 Å². The molecular weight excluding hydrogens is 613 g/mol. The van der Waals surface area contributed by atoms with E-state index in [9.17, 15) is 0 Å². The first-order valence-corrected chi connectivity index (χ1v) is 17.5. The zero-order valence-corrected chi connectivity index (χ0v) is 27.4. The summed E-state index contributed by atoms with van der Waals surface area (Å²) >= 11 is 1.87. The van der Waals surface area contributed by atoms with Gasteiger partial charge in [0.25, 0.3) is 0 Å². The Hall–Kier alpha value is -6.16. The van der Waals surface area contributed by atoms with Gasteiger partial charge in [0.1, 0.15) is 0 Å². The fourth-order valence-electron chi connectivity index (χ4n) is 7.50. The molecule has 0 bridgehead atoms. The van der Waals surface area contributed by atoms with E-state index in [1.807, 2.05) is 11.3 Å². The van der Waals surface area contributed by atoms with E-state index in [1.54, 1.807) is 0 Å². The average Bonchev–Trinajstić information content (AvgIpc) is 3.70. The SMILES string of the molecule is c1ccc(-c2cccc(N(c3ccc4cc5c(cc4c3)sc3ccccc35)c3cccc4c5ccccc5n(-c5ccccc5)c34)c2)cc1. The van der Waals surface area contributed by atoms with Crippen LogP contribution in [0.4, 0.5) is 17.1 Å². The van der Waals surface area contributed by atoms with Crippen molar-refractivity contribution in [3.8, 4) is 16.8 Å². The summed E-state index contributed by atoms with van der Waals surface area (Å²) in [5, 5.41) is 7.60. The van der Waals surface area contributed by atoms with E-state index in [0.29, 0.717) is 0 Å². The third-order valence-electron chi connectivity index (χ3n) is 9.72. The molecule has 0 saturated heterocycles. The number of rotatable bonds is 5. The van der Waals surface area contributed by atoms with Crippen LogP contribution < -0.4 is 4.90 Å². The van der Waals surface area contributed by atoms with Gasteiger partial charge in [-0.2, -0.15) is 0 Å². The first-order chi connectivity index (χ1) is 24.3. The predicted molar refractivity (Wildman–Crippen MR) is 211 cm³/mol. The number of anilines is 3. The van der Waals surface area contributed by atoms with Crippen molar-refractivity contribution in [1.82, 2.24) is 4.57 Å². The molecule has 0 spiro atoms. The number of benzene rings is 8. The molecule has 0 fully saturated rings. The zero-order valence-electron chi connectivity index (χ0n) is 26.6. The number of thiophene rings is 1. The molecule has 10 aromatic rings. The lowest BCUT2D eigenvalue weighted by Gasteiger charge is -2.28. The molecular formula is C46H30N2S. The minimum Gasteiger partial charge on any atom is -0.308 e. The predicted octanol–water partition coefficient (Wildman–Crippen LogP) is 13.4. The van der Waals surface area contributed by atoms with Crippen LogP contribution in [0.2, 0.25) is 0 Å². The van der Waals surface area contributed by atoms with E-state index in [2.05, 4.69) is 191 Å². The molecule has 8 aromatic carbocycles. The second kappa shape index (κ2) is 11.2. The molecule has 0 amide bonds. The van der Waals surface area contributed by atoms with E-state index in [4.69, 9.17) is 0 Å². The van der Waals surface area contributed by atoms with Crippen LogP contribution in [0.5, 0.6) is 0 Å². The first kappa shape index (κ1) is 27.9. The molecule has 0 N–H and O–H groups in total. The molecule has 2 heterocycles. The van der Waals surface area contributed by atoms with E-state index in [-0.39, 0.29) is 0 Å². The third-order valence-corrected chi connectivity index (χ3v) is 10.9. The Morgan fingerprint density at radius 2 is 1.10 bits per heavy atom. The molecule has 0 unspecified atom stereocenters. The number of nitrogens with zero attached hydrogens (tertiary/aromatic N) is 2. The molecule has 3 heteroatoms. The fourth-order valence-corrected chi connectivity index (χ4v) is 8.64. The Morgan fingerprint density at radius 3 is 1.98 bits per heavy atom. The van der Waals surface area contributed by atoms with Gasteiger partial charge in [-0.15, -0.1) is 11.3 Å². The third kappa shape index (κ3) is 4.55. The van der Waals surface area contributed by atoms with Crippen molar-refractivity contribution in [3.63, 3.8) is 0 Å². The quantitative estimate of drug-likeness (QED) is 0.181. The van der Waals surface area contributed by atoms with Crippen LogP contribution in [-0.4, -0.2) is 4.57 Å². The summed E-state index contributed by atoms with van der Waals surface area (Å²) in [6.45, 7) is 0. The van der Waals surface area contributed by atoms with Crippen molar-refractivity contribution >= 4 is 81.1 Å². The van der Waals surface area contributed by atoms with E-state index < -0.39 is 0 Å². The maximum Gasteiger partial charge on any atom is 0.0782 e. The number of aromatic nitrogens is 1. The molecule has 49 heavy (non-hydrogen) atoms. The minimum atomic E-state index is 1.11. The Labute approximate surface area is 288 Å². The van der Waals surface area contributed by atoms with Crippen LogP contribution in [0.15, 0.2) is 182 Å². The molecule has 0 saturated carbocycles. The maximum atomic E-state index is 2.45. The Kier molecular flexibility index (Phi) is 6.39. The molecule has 2 nitrogen and oxygen atoms in total. The van der Waals surface area contributed by atoms with Gasteiger partial charge in [0.15, 0.2) is 0 Å². The molecule has 10 rings (SSSR count). The lowest BCUT2D eigenvalue weighted by atomic mass is 10.0. The summed E-state index contributed by atoms with van der Waals surface area (Å²) in [6, 6.07) is 66.2. The van der Waals surface area contributed by atoms with Crippen LogP contribution in [0.25, 0.3) is 69.6 Å². The van der Waals surface area contributed by atoms with Gasteiger partial charge in [0, 0.05) is 48.0 Å². The van der Waals surface area contributed by atoms with Crippen molar-refractivity contribution in [2.45, 2.75) is 0 Å². The van der Waals surface area contributed by atoms with Crippen molar-refractivity contribution in [1.29, 1.82) is 0 Å². The van der Waals surface area contributed by atoms with Crippen LogP contribution in [-0.2, 0) is 0 Å². The smallest absolute Gasteiger partial charge is 0.0782 e. The number of fused-ring (bicyclic) bond motifs is 7. The summed E-state index contributed by atoms with van der Waals surface area (Å²) in [5.74, 6) is 0. The maximum absolute atomic E-state index is 2.45. The van der Waals surface area contributed by atoms with Gasteiger partial charge in [-0.05, 0) is 88.6 Å². The molecule has 0 aliphatic carbocycles. The lowest BCUT2D eigenvalue weighted by Crippen LogP contribution is -2.12. The Morgan fingerprint density at radius 1 is 0.408 bits per heavy atom. The van der Waals surface area contributed by atoms with Crippen LogP contribution in [0.1, 0.15) is 0 Å². The highest BCUT2D eigenvalue weighted by Crippen LogP contribution is 2.45. The molecule has 0 radical (unpaired) electrons. The van der Waals surface area contributed by atoms with Gasteiger partial charge in [-0.25, -0.2) is 0 Å². The molecule has 230 valence electrons. The molecule has 0 aliphatic heterocycles. The number of para-hydroxylation sites is 3. The van der Waals surface area contributed by atoms with Crippen LogP contribution in [0, 0.1) is 0 Å². The fraction of sp³-hybridized carbons (Fsp3) is 0. The number of hydrogen-bond donors (Lipinski definition) is 0. The molecule has 0 aliphatic rings.